The van der Waals surface area contributed by atoms with E-state index in [4.69, 9.17) is 9.84 Å². The van der Waals surface area contributed by atoms with Gasteiger partial charge >= 0.3 is 5.97 Å². The van der Waals surface area contributed by atoms with Gasteiger partial charge < -0.3 is 9.84 Å². The number of aliphatic hydroxyl groups is 1. The number of rotatable bonds is 9. The molecule has 0 unspecified atom stereocenters. The molecule has 19 heavy (non-hydrogen) atoms. The van der Waals surface area contributed by atoms with E-state index >= 15 is 0 Å². The number of carbonyl (C=O) groups excluding carboxylic acids is 1. The predicted molar refractivity (Wildman–Crippen MR) is 75.3 cm³/mol. The number of unbranched alkanes of at least 4 members (excludes halogenated alkanes) is 1. The predicted octanol–water partition coefficient (Wildman–Crippen LogP) is 1.91. The monoisotopic (exact) mass is 286 g/mol. The summed E-state index contributed by atoms with van der Waals surface area (Å²) in [7, 11) is 0. The number of nitrogens with zero attached hydrogens (tertiary/aromatic N) is 2. The fourth-order valence-corrected chi connectivity index (χ4v) is 2.39. The molecule has 0 amide bonds. The highest BCUT2D eigenvalue weighted by Gasteiger charge is 2.13. The minimum absolute atomic E-state index is 0.137. The number of carbonyl (C=O) groups is 1. The highest BCUT2D eigenvalue weighted by molar-refractivity contribution is 7.11. The van der Waals surface area contributed by atoms with E-state index in [0.717, 1.165) is 25.1 Å². The lowest BCUT2D eigenvalue weighted by molar-refractivity contribution is 0.0525. The van der Waals surface area contributed by atoms with Crippen LogP contribution in [-0.2, 0) is 11.3 Å². The first-order valence-electron chi connectivity index (χ1n) is 6.66. The van der Waals surface area contributed by atoms with Crippen molar-refractivity contribution in [2.75, 3.05) is 26.3 Å². The normalized spacial score (nSPS) is 10.9. The van der Waals surface area contributed by atoms with Crippen LogP contribution in [0.25, 0.3) is 0 Å². The Hall–Kier alpha value is -0.980. The number of aromatic nitrogens is 1. The van der Waals surface area contributed by atoms with Crippen molar-refractivity contribution in [1.82, 2.24) is 9.88 Å². The molecule has 0 spiro atoms. The summed E-state index contributed by atoms with van der Waals surface area (Å²) in [6.07, 6.45) is 2.21. The Morgan fingerprint density at radius 1 is 1.47 bits per heavy atom. The maximum Gasteiger partial charge on any atom is 0.367 e. The number of esters is 1. The summed E-state index contributed by atoms with van der Waals surface area (Å²) in [6.45, 7) is 6.64. The number of hydrogen-bond donors (Lipinski definition) is 1. The number of thiazole rings is 1. The first-order valence-corrected chi connectivity index (χ1v) is 7.53. The molecule has 1 aromatic rings. The van der Waals surface area contributed by atoms with Crippen molar-refractivity contribution in [3.63, 3.8) is 0 Å². The molecular weight excluding hydrogens is 264 g/mol. The second-order valence-corrected chi connectivity index (χ2v) is 5.08. The zero-order valence-corrected chi connectivity index (χ0v) is 12.4. The van der Waals surface area contributed by atoms with Crippen LogP contribution in [0.2, 0.25) is 0 Å². The van der Waals surface area contributed by atoms with Crippen molar-refractivity contribution in [2.45, 2.75) is 33.2 Å². The van der Waals surface area contributed by atoms with Gasteiger partial charge in [-0.25, -0.2) is 9.78 Å². The van der Waals surface area contributed by atoms with E-state index < -0.39 is 0 Å². The van der Waals surface area contributed by atoms with Crippen molar-refractivity contribution in [3.8, 4) is 0 Å². The largest absolute Gasteiger partial charge is 0.461 e. The van der Waals surface area contributed by atoms with E-state index in [9.17, 15) is 4.79 Å². The SMILES string of the molecule is CCCCN(CCO)Cc1csc(C(=O)OCC)n1. The molecule has 1 heterocycles. The highest BCUT2D eigenvalue weighted by Crippen LogP contribution is 2.13. The fraction of sp³-hybridized carbons (Fsp3) is 0.692. The summed E-state index contributed by atoms with van der Waals surface area (Å²) in [5.41, 5.74) is 0.859. The molecule has 0 aromatic carbocycles. The van der Waals surface area contributed by atoms with Crippen LogP contribution >= 0.6 is 11.3 Å². The Morgan fingerprint density at radius 2 is 2.26 bits per heavy atom. The van der Waals surface area contributed by atoms with E-state index in [1.54, 1.807) is 6.92 Å². The van der Waals surface area contributed by atoms with Gasteiger partial charge in [0.1, 0.15) is 0 Å². The van der Waals surface area contributed by atoms with Crippen LogP contribution in [0.3, 0.4) is 0 Å². The maximum absolute atomic E-state index is 11.5. The average Bonchev–Trinajstić information content (AvgIpc) is 2.85. The van der Waals surface area contributed by atoms with Crippen LogP contribution in [0, 0.1) is 0 Å². The van der Waals surface area contributed by atoms with Crippen LogP contribution in [0.15, 0.2) is 5.38 Å². The van der Waals surface area contributed by atoms with Crippen LogP contribution in [0.4, 0.5) is 0 Å². The smallest absolute Gasteiger partial charge is 0.367 e. The third kappa shape index (κ3) is 5.67. The Bertz CT molecular complexity index is 382. The third-order valence-electron chi connectivity index (χ3n) is 2.63. The Kier molecular flexibility index (Phi) is 7.62. The van der Waals surface area contributed by atoms with Gasteiger partial charge in [0.2, 0.25) is 5.01 Å². The molecule has 0 aliphatic heterocycles. The van der Waals surface area contributed by atoms with E-state index in [2.05, 4.69) is 16.8 Å². The minimum atomic E-state index is -0.360. The van der Waals surface area contributed by atoms with Gasteiger partial charge in [0.15, 0.2) is 0 Å². The van der Waals surface area contributed by atoms with Crippen LogP contribution in [0.5, 0.6) is 0 Å². The molecule has 1 N–H and O–H groups in total. The van der Waals surface area contributed by atoms with Gasteiger partial charge in [0, 0.05) is 18.5 Å². The van der Waals surface area contributed by atoms with Gasteiger partial charge in [-0.3, -0.25) is 4.90 Å². The van der Waals surface area contributed by atoms with Gasteiger partial charge in [-0.1, -0.05) is 13.3 Å². The zero-order valence-electron chi connectivity index (χ0n) is 11.6. The molecule has 1 aromatic heterocycles. The molecule has 0 saturated heterocycles. The van der Waals surface area contributed by atoms with E-state index in [-0.39, 0.29) is 12.6 Å². The first-order chi connectivity index (χ1) is 9.21. The lowest BCUT2D eigenvalue weighted by Crippen LogP contribution is -2.27. The van der Waals surface area contributed by atoms with E-state index in [1.807, 2.05) is 5.38 Å². The van der Waals surface area contributed by atoms with Crippen LogP contribution in [-0.4, -0.2) is 47.3 Å². The van der Waals surface area contributed by atoms with Gasteiger partial charge in [0.05, 0.1) is 18.9 Å². The molecule has 108 valence electrons. The number of aliphatic hydroxyl groups excluding tert-OH is 1. The number of ether oxygens (including phenoxy) is 1. The average molecular weight is 286 g/mol. The molecule has 0 bridgehead atoms. The summed E-state index contributed by atoms with van der Waals surface area (Å²) in [5.74, 6) is -0.360. The second kappa shape index (κ2) is 9.01. The molecule has 1 rings (SSSR count). The van der Waals surface area contributed by atoms with Crippen LogP contribution < -0.4 is 0 Å². The zero-order chi connectivity index (χ0) is 14.1. The fourth-order valence-electron chi connectivity index (χ4n) is 1.69. The first kappa shape index (κ1) is 16.1. The van der Waals surface area contributed by atoms with E-state index in [1.165, 1.54) is 11.3 Å². The molecule has 0 saturated carbocycles. The highest BCUT2D eigenvalue weighted by atomic mass is 32.1. The van der Waals surface area contributed by atoms with Crippen LogP contribution in [0.1, 0.15) is 42.2 Å². The summed E-state index contributed by atoms with van der Waals surface area (Å²) >= 11 is 1.31. The second-order valence-electron chi connectivity index (χ2n) is 4.22. The molecule has 6 heteroatoms. The molecule has 5 nitrogen and oxygen atoms in total. The molecule has 0 aliphatic rings. The van der Waals surface area contributed by atoms with Gasteiger partial charge in [-0.05, 0) is 19.9 Å². The Balaban J connectivity index is 2.56. The standard InChI is InChI=1S/C13H22N2O3S/c1-3-5-6-15(7-8-16)9-11-10-19-12(14-11)13(17)18-4-2/h10,16H,3-9H2,1-2H3. The summed E-state index contributed by atoms with van der Waals surface area (Å²) in [4.78, 5) is 17.9. The van der Waals surface area contributed by atoms with Crippen molar-refractivity contribution in [1.29, 1.82) is 0 Å². The Morgan fingerprint density at radius 3 is 2.89 bits per heavy atom. The topological polar surface area (TPSA) is 62.7 Å². The Labute approximate surface area is 118 Å². The third-order valence-corrected chi connectivity index (χ3v) is 3.50. The summed E-state index contributed by atoms with van der Waals surface area (Å²) in [6, 6.07) is 0. The lowest BCUT2D eigenvalue weighted by Gasteiger charge is -2.19. The summed E-state index contributed by atoms with van der Waals surface area (Å²) in [5, 5.41) is 11.3. The van der Waals surface area contributed by atoms with Gasteiger partial charge in [-0.15, -0.1) is 11.3 Å². The lowest BCUT2D eigenvalue weighted by atomic mass is 10.3. The van der Waals surface area contributed by atoms with Crippen molar-refractivity contribution < 1.29 is 14.6 Å². The molecule has 0 aliphatic carbocycles. The van der Waals surface area contributed by atoms with E-state index in [0.29, 0.717) is 24.7 Å². The molecule has 0 fully saturated rings. The van der Waals surface area contributed by atoms with Crippen molar-refractivity contribution in [3.05, 3.63) is 16.1 Å². The maximum atomic E-state index is 11.5. The molecule has 0 atom stereocenters. The minimum Gasteiger partial charge on any atom is -0.461 e. The molecular formula is C13H22N2O3S. The van der Waals surface area contributed by atoms with Gasteiger partial charge in [0.25, 0.3) is 0 Å². The van der Waals surface area contributed by atoms with Crippen molar-refractivity contribution >= 4 is 17.3 Å². The van der Waals surface area contributed by atoms with Gasteiger partial charge in [-0.2, -0.15) is 0 Å². The van der Waals surface area contributed by atoms with Crippen molar-refractivity contribution in [2.24, 2.45) is 0 Å². The number of hydrogen-bond acceptors (Lipinski definition) is 6. The summed E-state index contributed by atoms with van der Waals surface area (Å²) < 4.78 is 4.91. The quantitative estimate of drug-likeness (QED) is 0.703. The molecule has 0 radical (unpaired) electrons.